The van der Waals surface area contributed by atoms with Gasteiger partial charge in [0.15, 0.2) is 5.82 Å². The van der Waals surface area contributed by atoms with Crippen LogP contribution in [-0.4, -0.2) is 36.0 Å². The van der Waals surface area contributed by atoms with Gasteiger partial charge < -0.3 is 14.5 Å². The molecule has 10 heteroatoms. The molecular formula is C18H14N6O2S2. The number of aliphatic hydroxyl groups excluding tert-OH is 1. The molecule has 3 heterocycles. The van der Waals surface area contributed by atoms with E-state index >= 15 is 0 Å². The van der Waals surface area contributed by atoms with Crippen LogP contribution in [0.25, 0.3) is 16.6 Å². The summed E-state index contributed by atoms with van der Waals surface area (Å²) in [7, 11) is 0. The molecule has 3 aromatic heterocycles. The predicted molar refractivity (Wildman–Crippen MR) is 106 cm³/mol. The van der Waals surface area contributed by atoms with Crippen molar-refractivity contribution in [1.29, 1.82) is 5.26 Å². The summed E-state index contributed by atoms with van der Waals surface area (Å²) in [4.78, 5) is 11.8. The Hall–Kier alpha value is -3.16. The summed E-state index contributed by atoms with van der Waals surface area (Å²) in [6.07, 6.45) is 0.460. The largest absolute Gasteiger partial charge is 0.510 e. The molecule has 0 saturated heterocycles. The number of aromatic nitrogens is 5. The monoisotopic (exact) mass is 410 g/mol. The first-order valence-corrected chi connectivity index (χ1v) is 10.1. The second kappa shape index (κ2) is 7.84. The van der Waals surface area contributed by atoms with Crippen molar-refractivity contribution in [2.75, 3.05) is 5.75 Å². The van der Waals surface area contributed by atoms with E-state index in [1.807, 2.05) is 42.6 Å². The van der Waals surface area contributed by atoms with Crippen LogP contribution >= 0.6 is 23.1 Å². The summed E-state index contributed by atoms with van der Waals surface area (Å²) >= 11 is 2.72. The van der Waals surface area contributed by atoms with Crippen LogP contribution in [0.15, 0.2) is 45.0 Å². The van der Waals surface area contributed by atoms with Gasteiger partial charge in [-0.05, 0) is 19.1 Å². The summed E-state index contributed by atoms with van der Waals surface area (Å²) in [5.41, 5.74) is 2.48. The molecule has 0 spiro atoms. The predicted octanol–water partition coefficient (Wildman–Crippen LogP) is 3.89. The third-order valence-corrected chi connectivity index (χ3v) is 5.46. The number of aryl methyl sites for hydroxylation is 1. The number of aliphatic hydroxyl groups is 1. The summed E-state index contributed by atoms with van der Waals surface area (Å²) in [5.74, 6) is 0.777. The van der Waals surface area contributed by atoms with Crippen molar-refractivity contribution in [1.82, 2.24) is 25.1 Å². The van der Waals surface area contributed by atoms with Gasteiger partial charge in [-0.25, -0.2) is 9.97 Å². The van der Waals surface area contributed by atoms with Crippen LogP contribution in [0.4, 0.5) is 0 Å². The fraction of sp³-hybridized carbons (Fsp3) is 0.167. The lowest BCUT2D eigenvalue weighted by atomic mass is 10.2. The number of aromatic amines is 1. The number of thiazole rings is 1. The summed E-state index contributed by atoms with van der Waals surface area (Å²) in [5, 5.41) is 31.0. The molecule has 28 heavy (non-hydrogen) atoms. The van der Waals surface area contributed by atoms with Crippen LogP contribution in [0.3, 0.4) is 0 Å². The van der Waals surface area contributed by atoms with Crippen molar-refractivity contribution in [3.05, 3.63) is 57.8 Å². The quantitative estimate of drug-likeness (QED) is 0.279. The Morgan fingerprint density at radius 1 is 1.32 bits per heavy atom. The second-order valence-electron chi connectivity index (χ2n) is 5.82. The van der Waals surface area contributed by atoms with E-state index in [0.717, 1.165) is 33.5 Å². The van der Waals surface area contributed by atoms with Gasteiger partial charge in [0, 0.05) is 5.38 Å². The number of fused-ring (bicyclic) bond motifs is 1. The third kappa shape index (κ3) is 3.90. The van der Waals surface area contributed by atoms with Gasteiger partial charge in [0.2, 0.25) is 5.89 Å². The highest BCUT2D eigenvalue weighted by Crippen LogP contribution is 2.24. The number of rotatable bonds is 6. The molecule has 140 valence electrons. The van der Waals surface area contributed by atoms with E-state index in [1.165, 1.54) is 0 Å². The summed E-state index contributed by atoms with van der Waals surface area (Å²) in [6, 6.07) is 9.43. The second-order valence-corrected chi connectivity index (χ2v) is 7.81. The lowest BCUT2D eigenvalue weighted by Gasteiger charge is -2.00. The molecule has 0 aliphatic rings. The summed E-state index contributed by atoms with van der Waals surface area (Å²) in [6.45, 7) is 1.94. The van der Waals surface area contributed by atoms with Gasteiger partial charge in [-0.3, -0.25) is 0 Å². The first-order valence-electron chi connectivity index (χ1n) is 8.26. The topological polar surface area (TPSA) is 125 Å². The SMILES string of the molecule is Cc1nc(Cc2nnc(SCC(O)=C(C#N)c3nc4ccccc4[nH]3)o2)cs1. The Kier molecular flexibility index (Phi) is 5.10. The maximum atomic E-state index is 10.4. The Morgan fingerprint density at radius 2 is 2.18 bits per heavy atom. The Bertz CT molecular complexity index is 1170. The Balaban J connectivity index is 1.46. The van der Waals surface area contributed by atoms with E-state index in [1.54, 1.807) is 11.3 Å². The number of nitriles is 1. The first kappa shape index (κ1) is 18.2. The standard InChI is InChI=1S/C18H14N6O2S2/c1-10-20-11(8-27-10)6-16-23-24-18(26-16)28-9-15(25)12(7-19)17-21-13-4-2-3-5-14(13)22-17/h2-5,8,25H,6,9H2,1H3,(H,21,22). The van der Waals surface area contributed by atoms with Crippen LogP contribution in [0.5, 0.6) is 0 Å². The highest BCUT2D eigenvalue weighted by atomic mass is 32.2. The van der Waals surface area contributed by atoms with Gasteiger partial charge in [0.1, 0.15) is 17.4 Å². The molecule has 0 bridgehead atoms. The Labute approximate surface area is 168 Å². The van der Waals surface area contributed by atoms with Gasteiger partial charge in [0.05, 0.1) is 33.9 Å². The number of benzene rings is 1. The molecule has 4 rings (SSSR count). The van der Waals surface area contributed by atoms with Gasteiger partial charge in [-0.2, -0.15) is 5.26 Å². The molecule has 0 atom stereocenters. The molecule has 0 saturated carbocycles. The molecular weight excluding hydrogens is 396 g/mol. The minimum atomic E-state index is -0.110. The van der Waals surface area contributed by atoms with Crippen molar-refractivity contribution in [2.24, 2.45) is 0 Å². The number of hydrogen-bond acceptors (Lipinski definition) is 9. The summed E-state index contributed by atoms with van der Waals surface area (Å²) < 4.78 is 5.58. The van der Waals surface area contributed by atoms with E-state index in [2.05, 4.69) is 25.1 Å². The van der Waals surface area contributed by atoms with Crippen LogP contribution in [0, 0.1) is 18.3 Å². The number of thioether (sulfide) groups is 1. The maximum Gasteiger partial charge on any atom is 0.277 e. The van der Waals surface area contributed by atoms with Gasteiger partial charge in [-0.15, -0.1) is 21.5 Å². The van der Waals surface area contributed by atoms with E-state index < -0.39 is 0 Å². The molecule has 8 nitrogen and oxygen atoms in total. The Morgan fingerprint density at radius 3 is 2.93 bits per heavy atom. The van der Waals surface area contributed by atoms with Gasteiger partial charge in [0.25, 0.3) is 5.22 Å². The van der Waals surface area contributed by atoms with Crippen molar-refractivity contribution in [2.45, 2.75) is 18.6 Å². The zero-order chi connectivity index (χ0) is 19.5. The highest BCUT2D eigenvalue weighted by molar-refractivity contribution is 7.99. The van der Waals surface area contributed by atoms with E-state index in [-0.39, 0.29) is 17.1 Å². The third-order valence-electron chi connectivity index (χ3n) is 3.81. The van der Waals surface area contributed by atoms with Crippen molar-refractivity contribution < 1.29 is 9.52 Å². The lowest BCUT2D eigenvalue weighted by molar-refractivity contribution is 0.411. The zero-order valence-electron chi connectivity index (χ0n) is 14.7. The number of nitrogens with one attached hydrogen (secondary N) is 1. The molecule has 0 aliphatic heterocycles. The zero-order valence-corrected chi connectivity index (χ0v) is 16.3. The maximum absolute atomic E-state index is 10.4. The van der Waals surface area contributed by atoms with Crippen LogP contribution in [-0.2, 0) is 6.42 Å². The van der Waals surface area contributed by atoms with E-state index in [0.29, 0.717) is 23.4 Å². The number of imidazole rings is 1. The number of allylic oxidation sites excluding steroid dienone is 1. The number of H-pyrrole nitrogens is 1. The molecule has 0 amide bonds. The number of nitrogens with zero attached hydrogens (tertiary/aromatic N) is 5. The molecule has 0 fully saturated rings. The fourth-order valence-electron chi connectivity index (χ4n) is 2.54. The minimum Gasteiger partial charge on any atom is -0.510 e. The number of para-hydroxylation sites is 2. The average Bonchev–Trinajstić information content (AvgIpc) is 3.41. The van der Waals surface area contributed by atoms with Crippen molar-refractivity contribution in [3.63, 3.8) is 0 Å². The van der Waals surface area contributed by atoms with Gasteiger partial charge in [-0.1, -0.05) is 23.9 Å². The molecule has 0 unspecified atom stereocenters. The average molecular weight is 410 g/mol. The van der Waals surface area contributed by atoms with Crippen LogP contribution < -0.4 is 0 Å². The lowest BCUT2D eigenvalue weighted by Crippen LogP contribution is -1.95. The van der Waals surface area contributed by atoms with E-state index in [4.69, 9.17) is 4.42 Å². The van der Waals surface area contributed by atoms with Crippen LogP contribution in [0.1, 0.15) is 22.4 Å². The smallest absolute Gasteiger partial charge is 0.277 e. The number of hydrogen-bond donors (Lipinski definition) is 2. The molecule has 4 aromatic rings. The minimum absolute atomic E-state index is 0.0846. The normalized spacial score (nSPS) is 12.1. The highest BCUT2D eigenvalue weighted by Gasteiger charge is 2.15. The molecule has 2 N–H and O–H groups in total. The molecule has 0 radical (unpaired) electrons. The molecule has 0 aliphatic carbocycles. The van der Waals surface area contributed by atoms with Crippen molar-refractivity contribution >= 4 is 39.7 Å². The van der Waals surface area contributed by atoms with Crippen molar-refractivity contribution in [3.8, 4) is 6.07 Å². The van der Waals surface area contributed by atoms with Gasteiger partial charge >= 0.3 is 0 Å². The van der Waals surface area contributed by atoms with E-state index in [9.17, 15) is 10.4 Å². The molecule has 1 aromatic carbocycles. The fourth-order valence-corrected chi connectivity index (χ4v) is 3.81. The van der Waals surface area contributed by atoms with Crippen LogP contribution in [0.2, 0.25) is 0 Å². The first-order chi connectivity index (χ1) is 13.6.